The van der Waals surface area contributed by atoms with Crippen LogP contribution in [0.1, 0.15) is 58.8 Å². The summed E-state index contributed by atoms with van der Waals surface area (Å²) in [5.41, 5.74) is 1.81. The molecule has 156 valence electrons. The van der Waals surface area contributed by atoms with Gasteiger partial charge in [0.1, 0.15) is 5.82 Å². The van der Waals surface area contributed by atoms with E-state index in [1.165, 1.54) is 24.8 Å². The molecule has 2 unspecified atom stereocenters. The maximum Gasteiger partial charge on any atom is 0.103 e. The van der Waals surface area contributed by atoms with Crippen LogP contribution in [0.4, 0.5) is 5.82 Å². The summed E-state index contributed by atoms with van der Waals surface area (Å²) in [7, 11) is 0. The minimum Gasteiger partial charge on any atom is -0.396 e. The van der Waals surface area contributed by atoms with Crippen LogP contribution in [-0.2, 0) is 0 Å². The van der Waals surface area contributed by atoms with Crippen molar-refractivity contribution in [3.05, 3.63) is 30.5 Å². The van der Waals surface area contributed by atoms with Crippen LogP contribution in [0.25, 0.3) is 0 Å². The third-order valence-corrected chi connectivity index (χ3v) is 9.09. The molecule has 0 radical (unpaired) electrons. The Kier molecular flexibility index (Phi) is 5.39. The number of anilines is 1. The van der Waals surface area contributed by atoms with Crippen LogP contribution in [0, 0.1) is 34.5 Å². The Bertz CT molecular complexity index is 687. The van der Waals surface area contributed by atoms with Crippen LogP contribution in [0.2, 0.25) is 0 Å². The van der Waals surface area contributed by atoms with Crippen molar-refractivity contribution in [3.63, 3.8) is 0 Å². The summed E-state index contributed by atoms with van der Waals surface area (Å²) in [4.78, 5) is 3.28. The number of nitrogens with one attached hydrogen (secondary N) is 2. The molecule has 1 aromatic heterocycles. The lowest BCUT2D eigenvalue weighted by Gasteiger charge is -2.56. The van der Waals surface area contributed by atoms with E-state index in [-0.39, 0.29) is 29.5 Å². The van der Waals surface area contributed by atoms with Crippen molar-refractivity contribution in [2.24, 2.45) is 34.5 Å². The second kappa shape index (κ2) is 7.53. The highest BCUT2D eigenvalue weighted by atomic mass is 16.3. The molecule has 3 aliphatic rings. The third-order valence-electron chi connectivity index (χ3n) is 9.09. The smallest absolute Gasteiger partial charge is 0.103 e. The molecule has 3 aliphatic carbocycles. The van der Waals surface area contributed by atoms with Crippen molar-refractivity contribution in [2.45, 2.75) is 64.9 Å². The van der Waals surface area contributed by atoms with Crippen molar-refractivity contribution >= 4 is 5.82 Å². The number of H-pyrrole nitrogens is 1. The van der Waals surface area contributed by atoms with E-state index in [0.29, 0.717) is 17.8 Å². The normalized spacial score (nSPS) is 43.7. The highest BCUT2D eigenvalue weighted by molar-refractivity contribution is 5.34. The largest absolute Gasteiger partial charge is 0.396 e. The Morgan fingerprint density at radius 3 is 2.75 bits per heavy atom. The maximum atomic E-state index is 10.2. The van der Waals surface area contributed by atoms with Gasteiger partial charge in [-0.15, -0.1) is 0 Å². The number of aromatic amines is 1. The van der Waals surface area contributed by atoms with E-state index in [2.05, 4.69) is 36.8 Å². The Labute approximate surface area is 169 Å². The minimum atomic E-state index is -0.249. The monoisotopic (exact) mass is 386 g/mol. The molecule has 0 spiro atoms. The standard InChI is InChI=1S/C24H38N2O2/c1-16-6-7-20-19(14-26-22-5-4-12-25-22)21(9-11-23(16,20)2)24(3)10-8-18(28)13-17(24)15-27/h4-5,12,17-21,25-28H,1,6-11,13-15H2,2-3H3/t17-,18+,19-,20?,21?,23+,24+/m1/s1. The second-order valence-corrected chi connectivity index (χ2v) is 10.3. The molecule has 0 aliphatic heterocycles. The highest BCUT2D eigenvalue weighted by Crippen LogP contribution is 2.63. The molecule has 4 nitrogen and oxygen atoms in total. The SMILES string of the molecule is C=C1CCC2[C@@H](CNc3ccc[nH]3)C([C@@]3(C)CC[C@H](O)C[C@@H]3CO)CC[C@@]12C. The van der Waals surface area contributed by atoms with E-state index >= 15 is 0 Å². The zero-order chi connectivity index (χ0) is 19.9. The van der Waals surface area contributed by atoms with E-state index in [9.17, 15) is 10.2 Å². The quantitative estimate of drug-likeness (QED) is 0.560. The molecule has 3 fully saturated rings. The van der Waals surface area contributed by atoms with Crippen LogP contribution >= 0.6 is 0 Å². The van der Waals surface area contributed by atoms with Gasteiger partial charge in [-0.05, 0) is 91.6 Å². The molecule has 0 aromatic carbocycles. The van der Waals surface area contributed by atoms with Crippen molar-refractivity contribution in [2.75, 3.05) is 18.5 Å². The van der Waals surface area contributed by atoms with Gasteiger partial charge < -0.3 is 20.5 Å². The predicted molar refractivity (Wildman–Crippen MR) is 114 cm³/mol. The zero-order valence-corrected chi connectivity index (χ0v) is 17.6. The first-order valence-corrected chi connectivity index (χ1v) is 11.2. The summed E-state index contributed by atoms with van der Waals surface area (Å²) in [6, 6.07) is 4.13. The number of aliphatic hydroxyl groups is 2. The van der Waals surface area contributed by atoms with Gasteiger partial charge >= 0.3 is 0 Å². The molecule has 7 atom stereocenters. The van der Waals surface area contributed by atoms with E-state index < -0.39 is 0 Å². The van der Waals surface area contributed by atoms with Crippen LogP contribution in [0.15, 0.2) is 30.5 Å². The molecule has 1 heterocycles. The number of aromatic nitrogens is 1. The fourth-order valence-electron chi connectivity index (χ4n) is 7.13. The van der Waals surface area contributed by atoms with Crippen molar-refractivity contribution in [1.82, 2.24) is 4.98 Å². The highest BCUT2D eigenvalue weighted by Gasteiger charge is 2.56. The Hall–Kier alpha value is -1.26. The average Bonchev–Trinajstić information content (AvgIpc) is 3.30. The van der Waals surface area contributed by atoms with Gasteiger partial charge in [0.15, 0.2) is 0 Å². The fraction of sp³-hybridized carbons (Fsp3) is 0.750. The van der Waals surface area contributed by atoms with Crippen molar-refractivity contribution < 1.29 is 10.2 Å². The second-order valence-electron chi connectivity index (χ2n) is 10.3. The van der Waals surface area contributed by atoms with E-state index in [0.717, 1.165) is 38.0 Å². The lowest BCUT2D eigenvalue weighted by Crippen LogP contribution is -2.52. The lowest BCUT2D eigenvalue weighted by atomic mass is 9.49. The van der Waals surface area contributed by atoms with Crippen molar-refractivity contribution in [1.29, 1.82) is 0 Å². The maximum absolute atomic E-state index is 10.2. The minimum absolute atomic E-state index is 0.0985. The predicted octanol–water partition coefficient (Wildman–Crippen LogP) is 4.58. The van der Waals surface area contributed by atoms with Gasteiger partial charge in [-0.25, -0.2) is 0 Å². The number of fused-ring (bicyclic) bond motifs is 1. The number of aliphatic hydroxyl groups excluding tert-OH is 2. The summed E-state index contributed by atoms with van der Waals surface area (Å²) < 4.78 is 0. The summed E-state index contributed by atoms with van der Waals surface area (Å²) >= 11 is 0. The topological polar surface area (TPSA) is 68.3 Å². The average molecular weight is 387 g/mol. The Morgan fingerprint density at radius 2 is 2.04 bits per heavy atom. The molecule has 0 amide bonds. The first-order chi connectivity index (χ1) is 13.4. The van der Waals surface area contributed by atoms with Gasteiger partial charge in [-0.3, -0.25) is 0 Å². The van der Waals surface area contributed by atoms with Gasteiger partial charge in [0.25, 0.3) is 0 Å². The fourth-order valence-corrected chi connectivity index (χ4v) is 7.13. The summed E-state index contributed by atoms with van der Waals surface area (Å²) in [6.45, 7) is 10.5. The van der Waals surface area contributed by atoms with Crippen LogP contribution in [-0.4, -0.2) is 34.5 Å². The molecule has 0 saturated heterocycles. The summed E-state index contributed by atoms with van der Waals surface area (Å²) in [5, 5.41) is 24.1. The van der Waals surface area contributed by atoms with Gasteiger partial charge in [-0.1, -0.05) is 26.0 Å². The van der Waals surface area contributed by atoms with Crippen LogP contribution in [0.5, 0.6) is 0 Å². The van der Waals surface area contributed by atoms with E-state index in [1.54, 1.807) is 0 Å². The summed E-state index contributed by atoms with van der Waals surface area (Å²) in [6.07, 6.45) is 9.17. The van der Waals surface area contributed by atoms with Gasteiger partial charge in [0.05, 0.1) is 6.10 Å². The Balaban J connectivity index is 1.63. The van der Waals surface area contributed by atoms with Gasteiger partial charge in [0, 0.05) is 19.3 Å². The molecule has 28 heavy (non-hydrogen) atoms. The summed E-state index contributed by atoms with van der Waals surface area (Å²) in [5.74, 6) is 3.08. The number of allylic oxidation sites excluding steroid dienone is 1. The van der Waals surface area contributed by atoms with Crippen LogP contribution < -0.4 is 5.32 Å². The molecular formula is C24H38N2O2. The zero-order valence-electron chi connectivity index (χ0n) is 17.6. The molecule has 4 rings (SSSR count). The number of rotatable bonds is 5. The molecule has 3 saturated carbocycles. The van der Waals surface area contributed by atoms with Gasteiger partial charge in [0.2, 0.25) is 0 Å². The lowest BCUT2D eigenvalue weighted by molar-refractivity contribution is -0.0908. The molecule has 4 heteroatoms. The molecule has 1 aromatic rings. The number of hydrogen-bond acceptors (Lipinski definition) is 3. The van der Waals surface area contributed by atoms with E-state index in [4.69, 9.17) is 0 Å². The van der Waals surface area contributed by atoms with Gasteiger partial charge in [-0.2, -0.15) is 0 Å². The first-order valence-electron chi connectivity index (χ1n) is 11.2. The van der Waals surface area contributed by atoms with Crippen molar-refractivity contribution in [3.8, 4) is 0 Å². The molecular weight excluding hydrogens is 348 g/mol. The van der Waals surface area contributed by atoms with E-state index in [1.807, 2.05) is 12.3 Å². The molecule has 4 N–H and O–H groups in total. The third kappa shape index (κ3) is 3.23. The first kappa shape index (κ1) is 20.0. The van der Waals surface area contributed by atoms with Crippen LogP contribution in [0.3, 0.4) is 0 Å². The number of hydrogen-bond donors (Lipinski definition) is 4. The molecule has 0 bridgehead atoms. The Morgan fingerprint density at radius 1 is 1.21 bits per heavy atom.